The van der Waals surface area contributed by atoms with Crippen molar-refractivity contribution in [3.63, 3.8) is 0 Å². The van der Waals surface area contributed by atoms with Gasteiger partial charge in [0.2, 0.25) is 0 Å². The van der Waals surface area contributed by atoms with E-state index in [0.29, 0.717) is 36.2 Å². The Labute approximate surface area is 485 Å². The number of fused-ring (bicyclic) bond motifs is 2. The van der Waals surface area contributed by atoms with Gasteiger partial charge in [-0.1, -0.05) is 168 Å². The van der Waals surface area contributed by atoms with Crippen LogP contribution in [0.3, 0.4) is 0 Å². The molecule has 0 saturated heterocycles. The Morgan fingerprint density at radius 3 is 0.927 bits per heavy atom. The zero-order valence-electron chi connectivity index (χ0n) is 49.6. The third-order valence-corrected chi connectivity index (χ3v) is 17.4. The Morgan fingerprint density at radius 1 is 0.402 bits per heavy atom. The first kappa shape index (κ1) is 61.4. The summed E-state index contributed by atoms with van der Waals surface area (Å²) < 4.78 is 98.2. The number of amides is 2. The molecule has 8 rings (SSSR count). The number of nitrogens with one attached hydrogen (secondary N) is 2. The van der Waals surface area contributed by atoms with Crippen LogP contribution in [0.2, 0.25) is 0 Å². The number of carbonyl (C=O) groups is 2. The minimum Gasteiger partial charge on any atom is -0.491 e. The number of carbonyl (C=O) groups excluding carboxylic acids is 2. The van der Waals surface area contributed by atoms with Crippen LogP contribution < -0.4 is 28.4 Å². The average Bonchev–Trinajstić information content (AvgIpc) is 3.42. The van der Waals surface area contributed by atoms with E-state index in [1.165, 1.54) is 24.3 Å². The van der Waals surface area contributed by atoms with Crippen LogP contribution in [0.25, 0.3) is 0 Å². The van der Waals surface area contributed by atoms with Gasteiger partial charge in [0.25, 0.3) is 31.9 Å². The van der Waals surface area contributed by atoms with Gasteiger partial charge in [0.1, 0.15) is 36.2 Å². The van der Waals surface area contributed by atoms with Gasteiger partial charge in [0.05, 0.1) is 36.2 Å². The fraction of sp³-hybridized carbons (Fsp3) is 0.424. The van der Waals surface area contributed by atoms with E-state index in [1.54, 1.807) is 36.4 Å². The molecular weight excluding hydrogens is 1080 g/mol. The average molecular weight is 1160 g/mol. The first-order valence-corrected chi connectivity index (χ1v) is 31.0. The topological polar surface area (TPSA) is 182 Å². The summed E-state index contributed by atoms with van der Waals surface area (Å²) in [5, 5.41) is 0. The Balaban J connectivity index is 1.42. The maximum atomic E-state index is 14.0. The predicted molar refractivity (Wildman–Crippen MR) is 319 cm³/mol. The molecule has 6 aromatic rings. The van der Waals surface area contributed by atoms with Gasteiger partial charge in [-0.05, 0) is 113 Å². The highest BCUT2D eigenvalue weighted by molar-refractivity contribution is 7.90. The molecule has 438 valence electrons. The van der Waals surface area contributed by atoms with Gasteiger partial charge in [-0.25, -0.2) is 26.3 Å². The standard InChI is InChI=1S/C66H80N2O12S2/c1-63(2,3)51-33-43-29-47-37-53(65(7,8)9)39-49(61(47)79-41-57(69)67-81(71,72)55-19-15-13-16-20-55)31-45-35-52(64(4,5)6)36-46-32-50-40-54(66(10,11)12)38-48(62(50)80-42-58(70)68-82(73,74)56-21-17-14-18-22-56)30-44(34-51)59(43)77-27-25-75-23-24-76-26-28-78-60(45)46/h13-22,33-40H,23-32,41-42H2,1-12H3,(H,67,69)(H,68,70). The molecule has 2 aliphatic rings. The van der Waals surface area contributed by atoms with E-state index >= 15 is 0 Å². The molecule has 2 amide bonds. The second-order valence-corrected chi connectivity index (χ2v) is 28.7. The molecule has 0 radical (unpaired) electrons. The fourth-order valence-corrected chi connectivity index (χ4v) is 12.0. The van der Waals surface area contributed by atoms with Crippen molar-refractivity contribution in [1.29, 1.82) is 0 Å². The van der Waals surface area contributed by atoms with E-state index in [1.807, 2.05) is 0 Å². The zero-order valence-corrected chi connectivity index (χ0v) is 51.2. The molecule has 0 saturated carbocycles. The maximum absolute atomic E-state index is 14.0. The number of rotatable bonds is 10. The quantitative estimate of drug-likeness (QED) is 0.132. The molecule has 2 N–H and O–H groups in total. The van der Waals surface area contributed by atoms with Crippen LogP contribution in [-0.2, 0) is 86.5 Å². The lowest BCUT2D eigenvalue weighted by molar-refractivity contribution is -0.122. The van der Waals surface area contributed by atoms with E-state index in [4.69, 9.17) is 28.4 Å². The van der Waals surface area contributed by atoms with Crippen molar-refractivity contribution in [3.05, 3.63) is 176 Å². The summed E-state index contributed by atoms with van der Waals surface area (Å²) in [6.07, 6.45) is 1.00. The third-order valence-electron chi connectivity index (χ3n) is 14.6. The zero-order chi connectivity index (χ0) is 59.4. The summed E-state index contributed by atoms with van der Waals surface area (Å²) in [6.45, 7) is 26.0. The number of hydrogen-bond acceptors (Lipinski definition) is 12. The van der Waals surface area contributed by atoms with E-state index in [0.717, 1.165) is 66.8 Å². The van der Waals surface area contributed by atoms with Crippen molar-refractivity contribution < 1.29 is 54.8 Å². The summed E-state index contributed by atoms with van der Waals surface area (Å²) in [5.74, 6) is 0.327. The predicted octanol–water partition coefficient (Wildman–Crippen LogP) is 11.1. The molecule has 0 unspecified atom stereocenters. The minimum atomic E-state index is -4.23. The molecule has 82 heavy (non-hydrogen) atoms. The van der Waals surface area contributed by atoms with Crippen molar-refractivity contribution in [2.75, 3.05) is 52.9 Å². The minimum absolute atomic E-state index is 0.0537. The second kappa shape index (κ2) is 24.6. The van der Waals surface area contributed by atoms with E-state index in [2.05, 4.69) is 141 Å². The highest BCUT2D eigenvalue weighted by Gasteiger charge is 2.31. The van der Waals surface area contributed by atoms with E-state index in [-0.39, 0.29) is 83.6 Å². The van der Waals surface area contributed by atoms with Crippen molar-refractivity contribution in [2.45, 2.75) is 140 Å². The van der Waals surface area contributed by atoms with Gasteiger partial charge in [0, 0.05) is 25.7 Å². The molecule has 1 aliphatic carbocycles. The molecule has 10 bridgehead atoms. The Morgan fingerprint density at radius 2 is 0.659 bits per heavy atom. The summed E-state index contributed by atoms with van der Waals surface area (Å²) in [5.41, 5.74) is 8.71. The molecule has 0 spiro atoms. The fourth-order valence-electron chi connectivity index (χ4n) is 10.0. The monoisotopic (exact) mass is 1160 g/mol. The lowest BCUT2D eigenvalue weighted by Crippen LogP contribution is -2.34. The largest absolute Gasteiger partial charge is 0.491 e. The second-order valence-electron chi connectivity index (χ2n) is 25.4. The SMILES string of the molecule is CC(C)(C)c1cc2c3c(c1)Cc1cc(C(C)(C)C)cc(c1OCC(=O)NS(=O)(=O)c1ccccc1)Cc1cc(C(C)(C)C)cc(c1OCCOCCOCCO3)Cc1cc(C(C)(C)C)cc(c1OCC(=O)NS(=O)(=O)c1ccccc1)C2. The van der Waals surface area contributed by atoms with E-state index in [9.17, 15) is 26.4 Å². The lowest BCUT2D eigenvalue weighted by atomic mass is 9.79. The third kappa shape index (κ3) is 15.3. The lowest BCUT2D eigenvalue weighted by Gasteiger charge is -2.29. The molecule has 0 fully saturated rings. The van der Waals surface area contributed by atoms with Gasteiger partial charge >= 0.3 is 0 Å². The number of hydrogen-bond donors (Lipinski definition) is 2. The summed E-state index contributed by atoms with van der Waals surface area (Å²) in [4.78, 5) is 27.8. The number of sulfonamides is 2. The van der Waals surface area contributed by atoms with Crippen LogP contribution in [0.5, 0.6) is 23.0 Å². The molecule has 1 aliphatic heterocycles. The Kier molecular flexibility index (Phi) is 18.4. The number of benzene rings is 6. The Bertz CT molecular complexity index is 3200. The van der Waals surface area contributed by atoms with Gasteiger partial charge in [-0.3, -0.25) is 9.59 Å². The molecule has 6 aromatic carbocycles. The molecule has 14 nitrogen and oxygen atoms in total. The van der Waals surface area contributed by atoms with Gasteiger partial charge in [-0.15, -0.1) is 0 Å². The smallest absolute Gasteiger partial charge is 0.271 e. The summed E-state index contributed by atoms with van der Waals surface area (Å²) in [6, 6.07) is 32.5. The first-order chi connectivity index (χ1) is 38.5. The highest BCUT2D eigenvalue weighted by atomic mass is 32.2. The first-order valence-electron chi connectivity index (χ1n) is 28.0. The summed E-state index contributed by atoms with van der Waals surface area (Å²) in [7, 11) is -8.47. The molecule has 16 heteroatoms. The van der Waals surface area contributed by atoms with Gasteiger partial charge in [0.15, 0.2) is 13.2 Å². The van der Waals surface area contributed by atoms with Crippen LogP contribution in [-0.4, -0.2) is 81.5 Å². The van der Waals surface area contributed by atoms with E-state index < -0.39 is 45.1 Å². The normalized spacial score (nSPS) is 14.8. The van der Waals surface area contributed by atoms with Crippen molar-refractivity contribution in [1.82, 2.24) is 9.44 Å². The highest BCUT2D eigenvalue weighted by Crippen LogP contribution is 2.44. The molecule has 0 aromatic heterocycles. The van der Waals surface area contributed by atoms with Crippen molar-refractivity contribution >= 4 is 31.9 Å². The van der Waals surface area contributed by atoms with Gasteiger partial charge < -0.3 is 28.4 Å². The molecule has 0 atom stereocenters. The molecular formula is C66H80N2O12S2. The van der Waals surface area contributed by atoms with Gasteiger partial charge in [-0.2, -0.15) is 0 Å². The van der Waals surface area contributed by atoms with Crippen LogP contribution in [0.15, 0.2) is 119 Å². The molecule has 1 heterocycles. The summed E-state index contributed by atoms with van der Waals surface area (Å²) >= 11 is 0. The number of ether oxygens (including phenoxy) is 6. The van der Waals surface area contributed by atoms with Crippen molar-refractivity contribution in [3.8, 4) is 23.0 Å². The van der Waals surface area contributed by atoms with Crippen molar-refractivity contribution in [2.24, 2.45) is 0 Å². The van der Waals surface area contributed by atoms with Crippen LogP contribution in [0.4, 0.5) is 0 Å². The van der Waals surface area contributed by atoms with Crippen LogP contribution >= 0.6 is 0 Å². The maximum Gasteiger partial charge on any atom is 0.271 e. The van der Waals surface area contributed by atoms with Crippen LogP contribution in [0.1, 0.15) is 150 Å². The Hall–Kier alpha value is -6.72. The van der Waals surface area contributed by atoms with Crippen LogP contribution in [0, 0.1) is 0 Å².